The van der Waals surface area contributed by atoms with Crippen LogP contribution in [0.1, 0.15) is 32.6 Å². The average molecular weight is 372 g/mol. The third-order valence-electron chi connectivity index (χ3n) is 5.30. The highest BCUT2D eigenvalue weighted by atomic mass is 32.2. The van der Waals surface area contributed by atoms with Crippen LogP contribution in [-0.4, -0.2) is 50.3 Å². The zero-order chi connectivity index (χ0) is 18.0. The summed E-state index contributed by atoms with van der Waals surface area (Å²) in [5.74, 6) is -0.515. The summed E-state index contributed by atoms with van der Waals surface area (Å²) in [7, 11) is -3.83. The minimum Gasteiger partial charge on any atom is -0.303 e. The maximum absolute atomic E-state index is 13.4. The zero-order valence-electron chi connectivity index (χ0n) is 14.6. The molecule has 1 atom stereocenters. The Morgan fingerprint density at radius 2 is 1.68 bits per heavy atom. The van der Waals surface area contributed by atoms with Crippen molar-refractivity contribution in [1.82, 2.24) is 9.21 Å². The number of rotatable bonds is 4. The fourth-order valence-electron chi connectivity index (χ4n) is 3.98. The number of piperidine rings is 2. The van der Waals surface area contributed by atoms with Crippen LogP contribution in [0.15, 0.2) is 23.1 Å². The van der Waals surface area contributed by atoms with Crippen molar-refractivity contribution < 1.29 is 17.2 Å². The summed E-state index contributed by atoms with van der Waals surface area (Å²) in [4.78, 5) is 2.19. The monoisotopic (exact) mass is 372 g/mol. The van der Waals surface area contributed by atoms with Crippen molar-refractivity contribution in [1.29, 1.82) is 0 Å². The van der Waals surface area contributed by atoms with E-state index in [9.17, 15) is 17.2 Å². The highest BCUT2D eigenvalue weighted by Gasteiger charge is 2.31. The Hall–Kier alpha value is -1.05. The molecule has 0 aromatic heterocycles. The number of likely N-dealkylation sites (tertiary alicyclic amines) is 1. The van der Waals surface area contributed by atoms with Crippen LogP contribution < -0.4 is 0 Å². The summed E-state index contributed by atoms with van der Waals surface area (Å²) in [5, 5.41) is 0. The number of nitrogens with zero attached hydrogens (tertiary/aromatic N) is 2. The molecule has 2 saturated heterocycles. The van der Waals surface area contributed by atoms with Gasteiger partial charge in [0.25, 0.3) is 0 Å². The molecule has 7 heteroatoms. The SMILES string of the molecule is C[C@@H]1CCCN(CC2CCN(S(=O)(=O)c3cc(F)cc(F)c3)CC2)C1. The highest BCUT2D eigenvalue weighted by molar-refractivity contribution is 7.89. The summed E-state index contributed by atoms with van der Waals surface area (Å²) in [6.07, 6.45) is 4.11. The molecular weight excluding hydrogens is 346 g/mol. The van der Waals surface area contributed by atoms with Crippen LogP contribution in [0.5, 0.6) is 0 Å². The van der Waals surface area contributed by atoms with Gasteiger partial charge in [-0.1, -0.05) is 6.92 Å². The first kappa shape index (κ1) is 18.7. The summed E-state index contributed by atoms with van der Waals surface area (Å²) in [5.41, 5.74) is 0. The van der Waals surface area contributed by atoms with E-state index in [1.165, 1.54) is 17.1 Å². The van der Waals surface area contributed by atoms with Crippen LogP contribution >= 0.6 is 0 Å². The third kappa shape index (κ3) is 4.57. The van der Waals surface area contributed by atoms with Crippen molar-refractivity contribution in [2.45, 2.75) is 37.5 Å². The third-order valence-corrected chi connectivity index (χ3v) is 7.18. The van der Waals surface area contributed by atoms with Gasteiger partial charge in [-0.3, -0.25) is 0 Å². The molecule has 0 radical (unpaired) electrons. The summed E-state index contributed by atoms with van der Waals surface area (Å²) in [6, 6.07) is 2.46. The van der Waals surface area contributed by atoms with Gasteiger partial charge in [-0.05, 0) is 56.2 Å². The lowest BCUT2D eigenvalue weighted by molar-refractivity contribution is 0.136. The minimum absolute atomic E-state index is 0.298. The van der Waals surface area contributed by atoms with Gasteiger partial charge >= 0.3 is 0 Å². The fraction of sp³-hybridized carbons (Fsp3) is 0.667. The van der Waals surface area contributed by atoms with Crippen molar-refractivity contribution in [3.8, 4) is 0 Å². The molecule has 140 valence electrons. The quantitative estimate of drug-likeness (QED) is 0.815. The summed E-state index contributed by atoms with van der Waals surface area (Å²) < 4.78 is 53.3. The van der Waals surface area contributed by atoms with Gasteiger partial charge in [-0.2, -0.15) is 4.31 Å². The molecule has 3 rings (SSSR count). The molecule has 2 heterocycles. The average Bonchev–Trinajstić information content (AvgIpc) is 2.54. The van der Waals surface area contributed by atoms with Crippen molar-refractivity contribution in [3.05, 3.63) is 29.8 Å². The molecule has 1 aromatic rings. The van der Waals surface area contributed by atoms with Gasteiger partial charge in [-0.15, -0.1) is 0 Å². The Kier molecular flexibility index (Phi) is 5.75. The Morgan fingerprint density at radius 1 is 1.04 bits per heavy atom. The number of hydrogen-bond acceptors (Lipinski definition) is 3. The van der Waals surface area contributed by atoms with E-state index in [-0.39, 0.29) is 4.90 Å². The Labute approximate surface area is 148 Å². The molecule has 1 aromatic carbocycles. The van der Waals surface area contributed by atoms with Crippen LogP contribution in [0.3, 0.4) is 0 Å². The first-order chi connectivity index (χ1) is 11.8. The molecule has 25 heavy (non-hydrogen) atoms. The molecule has 0 bridgehead atoms. The summed E-state index contributed by atoms with van der Waals surface area (Å²) in [6.45, 7) is 6.38. The minimum atomic E-state index is -3.83. The Balaban J connectivity index is 1.59. The van der Waals surface area contributed by atoms with Crippen molar-refractivity contribution in [2.75, 3.05) is 32.7 Å². The fourth-order valence-corrected chi connectivity index (χ4v) is 5.49. The van der Waals surface area contributed by atoms with Crippen LogP contribution in [0.25, 0.3) is 0 Å². The lowest BCUT2D eigenvalue weighted by Gasteiger charge is -2.37. The number of sulfonamides is 1. The maximum atomic E-state index is 13.4. The van der Waals surface area contributed by atoms with Crippen molar-refractivity contribution in [3.63, 3.8) is 0 Å². The largest absolute Gasteiger partial charge is 0.303 e. The first-order valence-corrected chi connectivity index (χ1v) is 10.5. The second-order valence-electron chi connectivity index (χ2n) is 7.46. The van der Waals surface area contributed by atoms with Gasteiger partial charge in [0.1, 0.15) is 11.6 Å². The second-order valence-corrected chi connectivity index (χ2v) is 9.40. The van der Waals surface area contributed by atoms with Gasteiger partial charge in [0.05, 0.1) is 4.90 Å². The first-order valence-electron chi connectivity index (χ1n) is 9.03. The smallest absolute Gasteiger partial charge is 0.243 e. The van der Waals surface area contributed by atoms with Gasteiger partial charge in [0.15, 0.2) is 0 Å². The zero-order valence-corrected chi connectivity index (χ0v) is 15.4. The lowest BCUT2D eigenvalue weighted by atomic mass is 9.94. The standard InChI is InChI=1S/C18H26F2N2O2S/c1-14-3-2-6-21(12-14)13-15-4-7-22(8-5-15)25(23,24)18-10-16(19)9-17(20)11-18/h9-11,14-15H,2-8,12-13H2,1H3/t14-/m1/s1. The van der Waals surface area contributed by atoms with E-state index in [2.05, 4.69) is 11.8 Å². The summed E-state index contributed by atoms with van der Waals surface area (Å²) >= 11 is 0. The Morgan fingerprint density at radius 3 is 2.28 bits per heavy atom. The van der Waals surface area contributed by atoms with Crippen LogP contribution in [0, 0.1) is 23.5 Å². The van der Waals surface area contributed by atoms with Crippen molar-refractivity contribution in [2.24, 2.45) is 11.8 Å². The van der Waals surface area contributed by atoms with E-state index in [1.807, 2.05) is 0 Å². The van der Waals surface area contributed by atoms with Crippen LogP contribution in [0.4, 0.5) is 8.78 Å². The van der Waals surface area contributed by atoms with Crippen molar-refractivity contribution >= 4 is 10.0 Å². The van der Waals surface area contributed by atoms with Gasteiger partial charge in [0.2, 0.25) is 10.0 Å². The predicted molar refractivity (Wildman–Crippen MR) is 92.7 cm³/mol. The number of hydrogen-bond donors (Lipinski definition) is 0. The topological polar surface area (TPSA) is 40.6 Å². The van der Waals surface area contributed by atoms with Gasteiger partial charge in [-0.25, -0.2) is 17.2 Å². The van der Waals surface area contributed by atoms with E-state index in [1.54, 1.807) is 0 Å². The van der Waals surface area contributed by atoms with E-state index in [0.29, 0.717) is 25.1 Å². The molecule has 0 aliphatic carbocycles. The molecule has 2 aliphatic heterocycles. The molecule has 0 amide bonds. The van der Waals surface area contributed by atoms with Gasteiger partial charge in [0, 0.05) is 32.2 Å². The molecule has 0 saturated carbocycles. The second kappa shape index (κ2) is 7.68. The normalized spacial score (nSPS) is 24.5. The van der Waals surface area contributed by atoms with E-state index in [4.69, 9.17) is 0 Å². The lowest BCUT2D eigenvalue weighted by Crippen LogP contribution is -2.43. The molecule has 0 spiro atoms. The molecule has 0 N–H and O–H groups in total. The maximum Gasteiger partial charge on any atom is 0.243 e. The Bertz CT molecular complexity index is 683. The molecular formula is C18H26F2N2O2S. The van der Waals surface area contributed by atoms with E-state index >= 15 is 0 Å². The number of halogens is 2. The van der Waals surface area contributed by atoms with Crippen LogP contribution in [-0.2, 0) is 10.0 Å². The predicted octanol–water partition coefficient (Wildman–Crippen LogP) is 3.10. The van der Waals surface area contributed by atoms with E-state index in [0.717, 1.165) is 50.5 Å². The molecule has 2 fully saturated rings. The highest BCUT2D eigenvalue weighted by Crippen LogP contribution is 2.26. The van der Waals surface area contributed by atoms with Gasteiger partial charge < -0.3 is 4.90 Å². The van der Waals surface area contributed by atoms with E-state index < -0.39 is 21.7 Å². The van der Waals surface area contributed by atoms with Crippen LogP contribution in [0.2, 0.25) is 0 Å². The number of benzene rings is 1. The molecule has 2 aliphatic rings. The molecule has 4 nitrogen and oxygen atoms in total. The molecule has 0 unspecified atom stereocenters.